The molecular formula is C14H22N2S. The van der Waals surface area contributed by atoms with E-state index in [1.165, 1.54) is 29.9 Å². The van der Waals surface area contributed by atoms with Crippen molar-refractivity contribution in [2.75, 3.05) is 18.1 Å². The first-order valence-electron chi connectivity index (χ1n) is 6.60. The van der Waals surface area contributed by atoms with Crippen molar-refractivity contribution in [3.05, 3.63) is 30.1 Å². The smallest absolute Gasteiger partial charge is 0.0270 e. The van der Waals surface area contributed by atoms with Gasteiger partial charge in [-0.15, -0.1) is 0 Å². The molecule has 2 nitrogen and oxygen atoms in total. The number of nitrogens with one attached hydrogen (secondary N) is 1. The van der Waals surface area contributed by atoms with Gasteiger partial charge in [0.1, 0.15) is 0 Å². The van der Waals surface area contributed by atoms with Crippen LogP contribution < -0.4 is 5.32 Å². The highest BCUT2D eigenvalue weighted by atomic mass is 32.2. The Balaban J connectivity index is 1.94. The molecule has 0 radical (unpaired) electrons. The van der Waals surface area contributed by atoms with Gasteiger partial charge in [0, 0.05) is 18.4 Å². The fraction of sp³-hybridized carbons (Fsp3) is 0.643. The van der Waals surface area contributed by atoms with Crippen LogP contribution in [-0.4, -0.2) is 29.1 Å². The number of rotatable bonds is 6. The summed E-state index contributed by atoms with van der Waals surface area (Å²) in [5.41, 5.74) is 1.41. The van der Waals surface area contributed by atoms with Crippen LogP contribution >= 0.6 is 11.8 Å². The van der Waals surface area contributed by atoms with Crippen LogP contribution in [0.25, 0.3) is 0 Å². The minimum atomic E-state index is 0.646. The summed E-state index contributed by atoms with van der Waals surface area (Å²) in [6, 6.07) is 4.93. The highest BCUT2D eigenvalue weighted by Crippen LogP contribution is 2.27. The zero-order valence-corrected chi connectivity index (χ0v) is 11.4. The number of aromatic nitrogens is 1. The van der Waals surface area contributed by atoms with Gasteiger partial charge in [-0.3, -0.25) is 4.98 Å². The number of hydrogen-bond acceptors (Lipinski definition) is 3. The van der Waals surface area contributed by atoms with Crippen LogP contribution in [0.2, 0.25) is 0 Å². The van der Waals surface area contributed by atoms with E-state index in [4.69, 9.17) is 0 Å². The largest absolute Gasteiger partial charge is 0.313 e. The maximum absolute atomic E-state index is 4.09. The van der Waals surface area contributed by atoms with Crippen LogP contribution in [0.15, 0.2) is 24.5 Å². The van der Waals surface area contributed by atoms with Gasteiger partial charge in [-0.25, -0.2) is 0 Å². The van der Waals surface area contributed by atoms with E-state index in [-0.39, 0.29) is 0 Å². The first kappa shape index (κ1) is 12.9. The van der Waals surface area contributed by atoms with Crippen molar-refractivity contribution in [1.29, 1.82) is 0 Å². The molecule has 17 heavy (non-hydrogen) atoms. The topological polar surface area (TPSA) is 24.9 Å². The van der Waals surface area contributed by atoms with Crippen molar-refractivity contribution in [3.63, 3.8) is 0 Å². The van der Waals surface area contributed by atoms with Gasteiger partial charge < -0.3 is 5.32 Å². The third-order valence-corrected chi connectivity index (χ3v) is 4.58. The predicted octanol–water partition coefficient (Wildman–Crippen LogP) is 2.75. The number of hydrogen-bond donors (Lipinski definition) is 1. The molecule has 2 rings (SSSR count). The normalized spacial score (nSPS) is 21.6. The summed E-state index contributed by atoms with van der Waals surface area (Å²) < 4.78 is 0. The van der Waals surface area contributed by atoms with Gasteiger partial charge in [0.25, 0.3) is 0 Å². The van der Waals surface area contributed by atoms with Crippen molar-refractivity contribution in [2.45, 2.75) is 32.2 Å². The summed E-state index contributed by atoms with van der Waals surface area (Å²) >= 11 is 2.10. The Morgan fingerprint density at radius 3 is 2.94 bits per heavy atom. The molecule has 94 valence electrons. The van der Waals surface area contributed by atoms with Crippen LogP contribution in [-0.2, 0) is 6.42 Å². The molecule has 0 saturated carbocycles. The SMILES string of the molecule is CCCNC(Cc1ccncc1)C1CCSC1. The van der Waals surface area contributed by atoms with Gasteiger partial charge in [0.05, 0.1) is 0 Å². The Morgan fingerprint density at radius 1 is 1.47 bits per heavy atom. The molecule has 0 aromatic carbocycles. The summed E-state index contributed by atoms with van der Waals surface area (Å²) in [6.07, 6.45) is 7.53. The van der Waals surface area contributed by atoms with Crippen LogP contribution in [0.1, 0.15) is 25.3 Å². The molecule has 3 heteroatoms. The third kappa shape index (κ3) is 4.00. The number of pyridine rings is 1. The minimum absolute atomic E-state index is 0.646. The summed E-state index contributed by atoms with van der Waals surface area (Å²) in [5.74, 6) is 3.51. The van der Waals surface area contributed by atoms with Crippen LogP contribution in [0.5, 0.6) is 0 Å². The van der Waals surface area contributed by atoms with Gasteiger partial charge in [-0.05, 0) is 60.9 Å². The maximum atomic E-state index is 4.09. The Kier molecular flexibility index (Phi) is 5.33. The van der Waals surface area contributed by atoms with Crippen LogP contribution in [0, 0.1) is 5.92 Å². The average Bonchev–Trinajstić information content (AvgIpc) is 2.89. The van der Waals surface area contributed by atoms with Crippen molar-refractivity contribution in [1.82, 2.24) is 10.3 Å². The van der Waals surface area contributed by atoms with E-state index in [9.17, 15) is 0 Å². The summed E-state index contributed by atoms with van der Waals surface area (Å²) in [6.45, 7) is 3.37. The molecule has 0 amide bonds. The lowest BCUT2D eigenvalue weighted by Crippen LogP contribution is -2.38. The Bertz CT molecular complexity index is 309. The van der Waals surface area contributed by atoms with Crippen molar-refractivity contribution in [2.24, 2.45) is 5.92 Å². The van der Waals surface area contributed by atoms with Crippen molar-refractivity contribution >= 4 is 11.8 Å². The second-order valence-corrected chi connectivity index (χ2v) is 5.89. The second kappa shape index (κ2) is 7.02. The molecule has 1 fully saturated rings. The highest BCUT2D eigenvalue weighted by molar-refractivity contribution is 7.99. The Hall–Kier alpha value is -0.540. The lowest BCUT2D eigenvalue weighted by atomic mass is 9.93. The summed E-state index contributed by atoms with van der Waals surface area (Å²) in [5, 5.41) is 3.73. The van der Waals surface area contributed by atoms with Crippen molar-refractivity contribution in [3.8, 4) is 0 Å². The Morgan fingerprint density at radius 2 is 2.29 bits per heavy atom. The lowest BCUT2D eigenvalue weighted by molar-refractivity contribution is 0.380. The van der Waals surface area contributed by atoms with Gasteiger partial charge in [-0.2, -0.15) is 11.8 Å². The second-order valence-electron chi connectivity index (χ2n) is 4.74. The molecule has 2 atom stereocenters. The molecule has 1 aliphatic rings. The molecule has 2 heterocycles. The molecular weight excluding hydrogens is 228 g/mol. The van der Waals surface area contributed by atoms with E-state index in [0.717, 1.165) is 18.9 Å². The molecule has 0 bridgehead atoms. The van der Waals surface area contributed by atoms with Gasteiger partial charge in [0.15, 0.2) is 0 Å². The van der Waals surface area contributed by atoms with E-state index in [0.29, 0.717) is 6.04 Å². The van der Waals surface area contributed by atoms with E-state index in [1.807, 2.05) is 12.4 Å². The molecule has 1 aromatic heterocycles. The maximum Gasteiger partial charge on any atom is 0.0270 e. The van der Waals surface area contributed by atoms with E-state index in [1.54, 1.807) is 0 Å². The minimum Gasteiger partial charge on any atom is -0.313 e. The molecule has 1 N–H and O–H groups in total. The number of thioether (sulfide) groups is 1. The lowest BCUT2D eigenvalue weighted by Gasteiger charge is -2.24. The highest BCUT2D eigenvalue weighted by Gasteiger charge is 2.24. The molecule has 0 spiro atoms. The molecule has 2 unspecified atom stereocenters. The Labute approximate surface area is 109 Å². The fourth-order valence-electron chi connectivity index (χ4n) is 2.38. The average molecular weight is 250 g/mol. The van der Waals surface area contributed by atoms with Gasteiger partial charge in [0.2, 0.25) is 0 Å². The van der Waals surface area contributed by atoms with E-state index in [2.05, 4.69) is 41.1 Å². The monoisotopic (exact) mass is 250 g/mol. The van der Waals surface area contributed by atoms with E-state index < -0.39 is 0 Å². The molecule has 1 aliphatic heterocycles. The first-order valence-corrected chi connectivity index (χ1v) is 7.75. The first-order chi connectivity index (χ1) is 8.40. The zero-order chi connectivity index (χ0) is 11.9. The van der Waals surface area contributed by atoms with Crippen molar-refractivity contribution < 1.29 is 0 Å². The quantitative estimate of drug-likeness (QED) is 0.840. The molecule has 1 aromatic rings. The van der Waals surface area contributed by atoms with Crippen LogP contribution in [0.4, 0.5) is 0 Å². The summed E-state index contributed by atoms with van der Waals surface area (Å²) in [7, 11) is 0. The molecule has 0 aliphatic carbocycles. The predicted molar refractivity (Wildman–Crippen MR) is 75.5 cm³/mol. The zero-order valence-electron chi connectivity index (χ0n) is 10.6. The standard InChI is InChI=1S/C14H22N2S/c1-2-6-16-14(13-5-9-17-11-13)10-12-3-7-15-8-4-12/h3-4,7-8,13-14,16H,2,5-6,9-11H2,1H3. The van der Waals surface area contributed by atoms with Crippen LogP contribution in [0.3, 0.4) is 0 Å². The van der Waals surface area contributed by atoms with Gasteiger partial charge in [-0.1, -0.05) is 6.92 Å². The van der Waals surface area contributed by atoms with E-state index >= 15 is 0 Å². The van der Waals surface area contributed by atoms with Gasteiger partial charge >= 0.3 is 0 Å². The fourth-order valence-corrected chi connectivity index (χ4v) is 3.72. The number of nitrogens with zero attached hydrogens (tertiary/aromatic N) is 1. The summed E-state index contributed by atoms with van der Waals surface area (Å²) in [4.78, 5) is 4.09. The molecule has 1 saturated heterocycles. The third-order valence-electron chi connectivity index (χ3n) is 3.40.